The highest BCUT2D eigenvalue weighted by Crippen LogP contribution is 2.37. The minimum Gasteiger partial charge on any atom is -0.326 e. The van der Waals surface area contributed by atoms with Crippen molar-refractivity contribution in [3.8, 4) is 11.1 Å². The molecule has 0 heterocycles. The summed E-state index contributed by atoms with van der Waals surface area (Å²) in [5, 5.41) is 5.67. The van der Waals surface area contributed by atoms with Gasteiger partial charge in [-0.2, -0.15) is 0 Å². The number of fused-ring (bicyclic) bond motifs is 1. The number of carbonyl (C=O) groups excluding carboxylic acids is 3. The number of rotatable bonds is 4. The van der Waals surface area contributed by atoms with Crippen LogP contribution in [-0.2, 0) is 11.2 Å². The molecule has 1 aliphatic carbocycles. The van der Waals surface area contributed by atoms with Crippen molar-refractivity contribution in [1.29, 1.82) is 0 Å². The fourth-order valence-corrected chi connectivity index (χ4v) is 3.72. The molecule has 0 saturated carbocycles. The second kappa shape index (κ2) is 7.72. The summed E-state index contributed by atoms with van der Waals surface area (Å²) in [6.45, 7) is 1.47. The number of anilines is 2. The zero-order chi connectivity index (χ0) is 20.4. The number of hydrogen-bond acceptors (Lipinski definition) is 3. The highest BCUT2D eigenvalue weighted by molar-refractivity contribution is 6.12. The molecule has 2 amide bonds. The minimum absolute atomic E-state index is 0.0308. The van der Waals surface area contributed by atoms with Gasteiger partial charge in [-0.15, -0.1) is 0 Å². The number of carbonyl (C=O) groups is 3. The average Bonchev–Trinajstić information content (AvgIpc) is 3.11. The lowest BCUT2D eigenvalue weighted by Crippen LogP contribution is -2.14. The van der Waals surface area contributed by atoms with E-state index >= 15 is 0 Å². The minimum atomic E-state index is -0.243. The van der Waals surface area contributed by atoms with Crippen LogP contribution >= 0.6 is 0 Å². The molecule has 0 atom stereocenters. The van der Waals surface area contributed by atoms with E-state index in [0.29, 0.717) is 35.3 Å². The van der Waals surface area contributed by atoms with Crippen LogP contribution in [0.2, 0.25) is 0 Å². The van der Waals surface area contributed by atoms with Crippen molar-refractivity contribution in [3.05, 3.63) is 83.4 Å². The van der Waals surface area contributed by atoms with E-state index < -0.39 is 0 Å². The first kappa shape index (κ1) is 18.6. The number of amides is 2. The molecule has 5 nitrogen and oxygen atoms in total. The summed E-state index contributed by atoms with van der Waals surface area (Å²) in [4.78, 5) is 36.5. The van der Waals surface area contributed by atoms with Gasteiger partial charge in [-0.05, 0) is 53.4 Å². The van der Waals surface area contributed by atoms with E-state index in [4.69, 9.17) is 0 Å². The molecule has 0 saturated heterocycles. The van der Waals surface area contributed by atoms with Crippen molar-refractivity contribution < 1.29 is 14.4 Å². The Hall–Kier alpha value is -3.73. The maximum absolute atomic E-state index is 12.6. The summed E-state index contributed by atoms with van der Waals surface area (Å²) in [5.41, 5.74) is 5.16. The highest BCUT2D eigenvalue weighted by Gasteiger charge is 2.27. The zero-order valence-electron chi connectivity index (χ0n) is 16.0. The largest absolute Gasteiger partial charge is 0.326 e. The van der Waals surface area contributed by atoms with Crippen molar-refractivity contribution >= 4 is 29.0 Å². The fourth-order valence-electron chi connectivity index (χ4n) is 3.72. The van der Waals surface area contributed by atoms with Gasteiger partial charge < -0.3 is 10.6 Å². The lowest BCUT2D eigenvalue weighted by atomic mass is 9.95. The van der Waals surface area contributed by atoms with Crippen molar-refractivity contribution in [1.82, 2.24) is 0 Å². The molecule has 0 radical (unpaired) electrons. The number of ketones is 1. The molecule has 3 aromatic carbocycles. The first-order valence-electron chi connectivity index (χ1n) is 9.46. The van der Waals surface area contributed by atoms with Crippen LogP contribution in [0.25, 0.3) is 11.1 Å². The Morgan fingerprint density at radius 2 is 1.66 bits per heavy atom. The van der Waals surface area contributed by atoms with Gasteiger partial charge in [-0.25, -0.2) is 0 Å². The summed E-state index contributed by atoms with van der Waals surface area (Å²) < 4.78 is 0. The van der Waals surface area contributed by atoms with E-state index in [9.17, 15) is 14.4 Å². The highest BCUT2D eigenvalue weighted by atomic mass is 16.2. The van der Waals surface area contributed by atoms with Crippen molar-refractivity contribution in [2.75, 3.05) is 10.6 Å². The summed E-state index contributed by atoms with van der Waals surface area (Å²) in [6, 6.07) is 20.2. The SMILES string of the molecule is CC(=O)Nc1cccc(-c2ccc(NC(=O)c3ccccc3)c3c2CCC3=O)c1. The molecule has 1 aliphatic rings. The molecule has 5 heteroatoms. The monoisotopic (exact) mass is 384 g/mol. The predicted octanol–water partition coefficient (Wildman–Crippen LogP) is 4.69. The predicted molar refractivity (Wildman–Crippen MR) is 113 cm³/mol. The molecule has 0 bridgehead atoms. The molecule has 0 aromatic heterocycles. The van der Waals surface area contributed by atoms with E-state index in [1.54, 1.807) is 30.3 Å². The topological polar surface area (TPSA) is 75.3 Å². The standard InChI is InChI=1S/C24H20N2O3/c1-15(27)25-18-9-5-8-17(14-18)19-10-12-21(23-20(19)11-13-22(23)28)26-24(29)16-6-3-2-4-7-16/h2-10,12,14H,11,13H2,1H3,(H,25,27)(H,26,29). The normalized spacial score (nSPS) is 12.4. The second-order valence-corrected chi connectivity index (χ2v) is 7.02. The first-order chi connectivity index (χ1) is 14.0. The number of hydrogen-bond donors (Lipinski definition) is 2. The quantitative estimate of drug-likeness (QED) is 0.685. The first-order valence-corrected chi connectivity index (χ1v) is 9.46. The Morgan fingerprint density at radius 3 is 2.41 bits per heavy atom. The summed E-state index contributed by atoms with van der Waals surface area (Å²) in [5.74, 6) is -0.349. The third kappa shape index (κ3) is 3.80. The van der Waals surface area contributed by atoms with E-state index in [-0.39, 0.29) is 17.6 Å². The number of Topliss-reactive ketones (excluding diaryl/α,β-unsaturated/α-hetero) is 1. The lowest BCUT2D eigenvalue weighted by molar-refractivity contribution is -0.114. The van der Waals surface area contributed by atoms with Crippen LogP contribution in [0.3, 0.4) is 0 Å². The van der Waals surface area contributed by atoms with E-state index in [1.165, 1.54) is 6.92 Å². The number of nitrogens with one attached hydrogen (secondary N) is 2. The maximum Gasteiger partial charge on any atom is 0.255 e. The Balaban J connectivity index is 1.72. The van der Waals surface area contributed by atoms with Gasteiger partial charge in [-0.1, -0.05) is 36.4 Å². The molecule has 29 heavy (non-hydrogen) atoms. The molecule has 3 aromatic rings. The molecule has 0 spiro atoms. The Morgan fingerprint density at radius 1 is 0.862 bits per heavy atom. The van der Waals surface area contributed by atoms with Crippen molar-refractivity contribution in [2.24, 2.45) is 0 Å². The van der Waals surface area contributed by atoms with Crippen LogP contribution in [0, 0.1) is 0 Å². The third-order valence-electron chi connectivity index (χ3n) is 4.97. The van der Waals surface area contributed by atoms with Crippen LogP contribution < -0.4 is 10.6 Å². The van der Waals surface area contributed by atoms with Gasteiger partial charge in [0.1, 0.15) is 0 Å². The van der Waals surface area contributed by atoms with Gasteiger partial charge in [0, 0.05) is 30.2 Å². The van der Waals surface area contributed by atoms with E-state index in [1.807, 2.05) is 36.4 Å². The van der Waals surface area contributed by atoms with Gasteiger partial charge in [0.15, 0.2) is 5.78 Å². The van der Waals surface area contributed by atoms with Crippen LogP contribution in [0.5, 0.6) is 0 Å². The molecule has 0 fully saturated rings. The lowest BCUT2D eigenvalue weighted by Gasteiger charge is -2.14. The smallest absolute Gasteiger partial charge is 0.255 e. The summed E-state index contributed by atoms with van der Waals surface area (Å²) in [7, 11) is 0. The fraction of sp³-hybridized carbons (Fsp3) is 0.125. The third-order valence-corrected chi connectivity index (χ3v) is 4.97. The van der Waals surface area contributed by atoms with E-state index in [0.717, 1.165) is 16.7 Å². The van der Waals surface area contributed by atoms with Crippen LogP contribution in [0.1, 0.15) is 39.6 Å². The van der Waals surface area contributed by atoms with Crippen molar-refractivity contribution in [2.45, 2.75) is 19.8 Å². The number of benzene rings is 3. The van der Waals surface area contributed by atoms with Crippen LogP contribution in [0.4, 0.5) is 11.4 Å². The Labute approximate surface area is 168 Å². The maximum atomic E-state index is 12.6. The van der Waals surface area contributed by atoms with Gasteiger partial charge >= 0.3 is 0 Å². The van der Waals surface area contributed by atoms with Crippen LogP contribution in [-0.4, -0.2) is 17.6 Å². The molecule has 0 aliphatic heterocycles. The Bertz CT molecular complexity index is 1120. The molecule has 2 N–H and O–H groups in total. The molecule has 144 valence electrons. The second-order valence-electron chi connectivity index (χ2n) is 7.02. The molecular formula is C24H20N2O3. The molecular weight excluding hydrogens is 364 g/mol. The zero-order valence-corrected chi connectivity index (χ0v) is 16.0. The molecule has 0 unspecified atom stereocenters. The van der Waals surface area contributed by atoms with E-state index in [2.05, 4.69) is 10.6 Å². The summed E-state index contributed by atoms with van der Waals surface area (Å²) in [6.07, 6.45) is 1.05. The van der Waals surface area contributed by atoms with Gasteiger partial charge in [0.05, 0.1) is 5.69 Å². The van der Waals surface area contributed by atoms with Gasteiger partial charge in [0.25, 0.3) is 5.91 Å². The average molecular weight is 384 g/mol. The Kier molecular flexibility index (Phi) is 4.96. The van der Waals surface area contributed by atoms with Gasteiger partial charge in [0.2, 0.25) is 5.91 Å². The van der Waals surface area contributed by atoms with Crippen molar-refractivity contribution in [3.63, 3.8) is 0 Å². The summed E-state index contributed by atoms with van der Waals surface area (Å²) >= 11 is 0. The van der Waals surface area contributed by atoms with Crippen LogP contribution in [0.15, 0.2) is 66.7 Å². The van der Waals surface area contributed by atoms with Gasteiger partial charge in [-0.3, -0.25) is 14.4 Å². The molecule has 4 rings (SSSR count).